The molecule has 1 heterocycles. The van der Waals surface area contributed by atoms with Crippen LogP contribution in [-0.4, -0.2) is 16.9 Å². The van der Waals surface area contributed by atoms with E-state index in [9.17, 15) is 8.78 Å². The van der Waals surface area contributed by atoms with Crippen LogP contribution in [0.15, 0.2) is 12.1 Å². The number of methoxy groups -OCH3 is 1. The van der Waals surface area contributed by atoms with Crippen molar-refractivity contribution in [2.24, 2.45) is 7.05 Å². The summed E-state index contributed by atoms with van der Waals surface area (Å²) in [7, 11) is 2.77. The number of hydrogen-bond acceptors (Lipinski definition) is 3. The highest BCUT2D eigenvalue weighted by atomic mass is 35.5. The number of hydrogen-bond donors (Lipinski definition) is 1. The zero-order chi connectivity index (χ0) is 13.4. The van der Waals surface area contributed by atoms with Crippen LogP contribution < -0.4 is 10.5 Å². The largest absolute Gasteiger partial charge is 0.491 e. The summed E-state index contributed by atoms with van der Waals surface area (Å²) in [5.74, 6) is -1.99. The van der Waals surface area contributed by atoms with Crippen molar-refractivity contribution in [3.63, 3.8) is 0 Å². The second kappa shape index (κ2) is 4.45. The van der Waals surface area contributed by atoms with Gasteiger partial charge in [0.1, 0.15) is 5.82 Å². The Morgan fingerprint density at radius 2 is 2.00 bits per heavy atom. The van der Waals surface area contributed by atoms with E-state index in [4.69, 9.17) is 17.3 Å². The summed E-state index contributed by atoms with van der Waals surface area (Å²) >= 11 is 5.68. The topological polar surface area (TPSA) is 53.1 Å². The molecule has 0 aliphatic heterocycles. The van der Waals surface area contributed by atoms with Gasteiger partial charge in [-0.05, 0) is 6.07 Å². The Balaban J connectivity index is 2.68. The van der Waals surface area contributed by atoms with Crippen LogP contribution in [0.5, 0.6) is 5.75 Å². The first kappa shape index (κ1) is 12.6. The number of halogens is 3. The van der Waals surface area contributed by atoms with E-state index in [1.807, 2.05) is 0 Å². The highest BCUT2D eigenvalue weighted by molar-refractivity contribution is 6.31. The van der Waals surface area contributed by atoms with Crippen molar-refractivity contribution in [3.05, 3.63) is 28.8 Å². The molecule has 4 nitrogen and oxygen atoms in total. The average molecular weight is 274 g/mol. The van der Waals surface area contributed by atoms with E-state index < -0.39 is 17.4 Å². The van der Waals surface area contributed by atoms with Crippen LogP contribution in [0.25, 0.3) is 11.3 Å². The molecule has 18 heavy (non-hydrogen) atoms. The van der Waals surface area contributed by atoms with Crippen LogP contribution in [0, 0.1) is 11.6 Å². The molecule has 0 aliphatic rings. The average Bonchev–Trinajstić information content (AvgIpc) is 2.65. The number of ether oxygens (including phenoxy) is 1. The normalized spacial score (nSPS) is 10.7. The molecule has 0 saturated heterocycles. The molecule has 96 valence electrons. The molecule has 0 bridgehead atoms. The summed E-state index contributed by atoms with van der Waals surface area (Å²) in [6, 6.07) is 2.61. The lowest BCUT2D eigenvalue weighted by Gasteiger charge is -2.08. The number of benzene rings is 1. The van der Waals surface area contributed by atoms with E-state index in [-0.39, 0.29) is 16.3 Å². The first-order valence-electron chi connectivity index (χ1n) is 4.97. The smallest absolute Gasteiger partial charge is 0.192 e. The van der Waals surface area contributed by atoms with Crippen LogP contribution in [0.4, 0.5) is 14.6 Å². The third kappa shape index (κ3) is 1.88. The monoisotopic (exact) mass is 273 g/mol. The van der Waals surface area contributed by atoms with Gasteiger partial charge in [0.2, 0.25) is 0 Å². The van der Waals surface area contributed by atoms with Gasteiger partial charge in [0, 0.05) is 18.7 Å². The first-order chi connectivity index (χ1) is 8.45. The predicted molar refractivity (Wildman–Crippen MR) is 64.5 cm³/mol. The van der Waals surface area contributed by atoms with Crippen molar-refractivity contribution >= 4 is 17.4 Å². The Labute approximate surface area is 107 Å². The van der Waals surface area contributed by atoms with E-state index in [0.29, 0.717) is 5.82 Å². The fourth-order valence-electron chi connectivity index (χ4n) is 1.56. The highest BCUT2D eigenvalue weighted by Crippen LogP contribution is 2.35. The van der Waals surface area contributed by atoms with Crippen molar-refractivity contribution in [3.8, 4) is 17.0 Å². The lowest BCUT2D eigenvalue weighted by atomic mass is 10.1. The number of aromatic nitrogens is 2. The first-order valence-corrected chi connectivity index (χ1v) is 5.35. The number of rotatable bonds is 2. The van der Waals surface area contributed by atoms with Gasteiger partial charge in [-0.25, -0.2) is 8.78 Å². The van der Waals surface area contributed by atoms with Crippen molar-refractivity contribution in [2.45, 2.75) is 0 Å². The maximum atomic E-state index is 14.0. The fourth-order valence-corrected chi connectivity index (χ4v) is 1.75. The van der Waals surface area contributed by atoms with E-state index in [1.54, 1.807) is 7.05 Å². The second-order valence-electron chi connectivity index (χ2n) is 3.65. The molecule has 0 saturated carbocycles. The Morgan fingerprint density at radius 3 is 2.50 bits per heavy atom. The van der Waals surface area contributed by atoms with Crippen molar-refractivity contribution in [1.82, 2.24) is 9.78 Å². The Hall–Kier alpha value is -1.82. The summed E-state index contributed by atoms with van der Waals surface area (Å²) in [6.45, 7) is 0. The summed E-state index contributed by atoms with van der Waals surface area (Å²) < 4.78 is 33.6. The molecule has 0 amide bonds. The van der Waals surface area contributed by atoms with E-state index >= 15 is 0 Å². The minimum absolute atomic E-state index is 0.0329. The van der Waals surface area contributed by atoms with Crippen molar-refractivity contribution in [2.75, 3.05) is 12.8 Å². The molecule has 0 spiro atoms. The Bertz CT molecular complexity index is 593. The summed E-state index contributed by atoms with van der Waals surface area (Å²) in [5.41, 5.74) is 5.90. The zero-order valence-electron chi connectivity index (χ0n) is 9.67. The third-order valence-corrected chi connectivity index (χ3v) is 2.79. The standard InChI is InChI=1S/C11H10ClF2N3O/c1-17-8(15)4-7(16-17)5-3-6(12)10(14)11(18-2)9(5)13/h3-4H,15H2,1-2H3. The molecule has 7 heteroatoms. The van der Waals surface area contributed by atoms with Crippen LogP contribution in [0.2, 0.25) is 5.02 Å². The number of nitrogens with two attached hydrogens (primary N) is 1. The predicted octanol–water partition coefficient (Wildman–Crippen LogP) is 2.61. The molecule has 0 radical (unpaired) electrons. The summed E-state index contributed by atoms with van der Waals surface area (Å²) in [6.07, 6.45) is 0. The van der Waals surface area contributed by atoms with E-state index in [2.05, 4.69) is 9.84 Å². The zero-order valence-corrected chi connectivity index (χ0v) is 10.4. The molecule has 0 atom stereocenters. The van der Waals surface area contributed by atoms with Gasteiger partial charge in [-0.2, -0.15) is 5.10 Å². The molecule has 1 aromatic carbocycles. The molecule has 0 fully saturated rings. The molecule has 0 unspecified atom stereocenters. The lowest BCUT2D eigenvalue weighted by molar-refractivity contribution is 0.360. The summed E-state index contributed by atoms with van der Waals surface area (Å²) in [5, 5.41) is 3.76. The molecule has 0 aliphatic carbocycles. The lowest BCUT2D eigenvalue weighted by Crippen LogP contribution is -1.98. The SMILES string of the molecule is COc1c(F)c(Cl)cc(-c2cc(N)n(C)n2)c1F. The minimum atomic E-state index is -0.940. The number of aryl methyl sites for hydroxylation is 1. The number of nitrogens with zero attached hydrogens (tertiary/aromatic N) is 2. The quantitative estimate of drug-likeness (QED) is 0.856. The van der Waals surface area contributed by atoms with Crippen molar-refractivity contribution in [1.29, 1.82) is 0 Å². The molecular weight excluding hydrogens is 264 g/mol. The Kier molecular flexibility index (Phi) is 3.13. The molecule has 1 aromatic heterocycles. The van der Waals surface area contributed by atoms with Gasteiger partial charge < -0.3 is 10.5 Å². The van der Waals surface area contributed by atoms with Gasteiger partial charge >= 0.3 is 0 Å². The van der Waals surface area contributed by atoms with Gasteiger partial charge in [0.15, 0.2) is 17.4 Å². The van der Waals surface area contributed by atoms with Crippen LogP contribution in [-0.2, 0) is 7.05 Å². The Morgan fingerprint density at radius 1 is 1.33 bits per heavy atom. The van der Waals surface area contributed by atoms with Crippen LogP contribution in [0.3, 0.4) is 0 Å². The highest BCUT2D eigenvalue weighted by Gasteiger charge is 2.21. The molecular formula is C11H10ClF2N3O. The summed E-state index contributed by atoms with van der Waals surface area (Å²) in [4.78, 5) is 0. The number of anilines is 1. The van der Waals surface area contributed by atoms with Crippen LogP contribution in [0.1, 0.15) is 0 Å². The van der Waals surface area contributed by atoms with Gasteiger partial charge in [0.25, 0.3) is 0 Å². The van der Waals surface area contributed by atoms with Gasteiger partial charge in [-0.1, -0.05) is 11.6 Å². The van der Waals surface area contributed by atoms with Gasteiger partial charge in [-0.3, -0.25) is 4.68 Å². The second-order valence-corrected chi connectivity index (χ2v) is 4.05. The third-order valence-electron chi connectivity index (χ3n) is 2.51. The maximum absolute atomic E-state index is 14.0. The van der Waals surface area contributed by atoms with Crippen LogP contribution >= 0.6 is 11.6 Å². The van der Waals surface area contributed by atoms with Gasteiger partial charge in [0.05, 0.1) is 17.8 Å². The molecule has 2 aromatic rings. The van der Waals surface area contributed by atoms with Crippen molar-refractivity contribution < 1.29 is 13.5 Å². The number of nitrogen functional groups attached to an aromatic ring is 1. The maximum Gasteiger partial charge on any atom is 0.192 e. The van der Waals surface area contributed by atoms with Gasteiger partial charge in [-0.15, -0.1) is 0 Å². The minimum Gasteiger partial charge on any atom is -0.491 e. The van der Waals surface area contributed by atoms with E-state index in [1.165, 1.54) is 10.7 Å². The molecule has 2 rings (SSSR count). The fraction of sp³-hybridized carbons (Fsp3) is 0.182. The van der Waals surface area contributed by atoms with E-state index in [0.717, 1.165) is 13.2 Å². The molecule has 2 N–H and O–H groups in total.